The van der Waals surface area contributed by atoms with E-state index in [0.717, 1.165) is 12.8 Å². The van der Waals surface area contributed by atoms with Gasteiger partial charge >= 0.3 is 0 Å². The molecular formula is C15H19FN4O2S. The maximum absolute atomic E-state index is 13.9. The van der Waals surface area contributed by atoms with Gasteiger partial charge in [0.1, 0.15) is 5.52 Å². The van der Waals surface area contributed by atoms with Crippen molar-refractivity contribution >= 4 is 27.0 Å². The molecule has 124 valence electrons. The van der Waals surface area contributed by atoms with E-state index in [0.29, 0.717) is 36.5 Å². The molecule has 0 bridgehead atoms. The van der Waals surface area contributed by atoms with Crippen LogP contribution in [0.25, 0.3) is 11.0 Å². The molecular weight excluding hydrogens is 319 g/mol. The maximum Gasteiger partial charge on any atom is 0.216 e. The molecule has 1 N–H and O–H groups in total. The van der Waals surface area contributed by atoms with E-state index in [1.54, 1.807) is 6.07 Å². The van der Waals surface area contributed by atoms with E-state index in [1.807, 2.05) is 22.6 Å². The molecule has 8 heteroatoms. The standard InChI is InChI=1S/C15H19FN4O2S/c1-19-13-4-2-3-12(16)14(13)17-15(19)20-8-7-11(9-20)23(21,22)18-10-5-6-10/h2-4,10-11,18H,5-9H2,1H3. The van der Waals surface area contributed by atoms with Crippen molar-refractivity contribution in [3.8, 4) is 0 Å². The number of hydrogen-bond acceptors (Lipinski definition) is 4. The summed E-state index contributed by atoms with van der Waals surface area (Å²) in [4.78, 5) is 6.31. The predicted octanol–water partition coefficient (Wildman–Crippen LogP) is 1.37. The zero-order valence-electron chi connectivity index (χ0n) is 12.9. The summed E-state index contributed by atoms with van der Waals surface area (Å²) in [6.45, 7) is 0.996. The number of aromatic nitrogens is 2. The lowest BCUT2D eigenvalue weighted by atomic mass is 10.3. The van der Waals surface area contributed by atoms with Crippen LogP contribution in [0.4, 0.5) is 10.3 Å². The number of hydrogen-bond donors (Lipinski definition) is 1. The summed E-state index contributed by atoms with van der Waals surface area (Å²) in [7, 11) is -1.46. The Morgan fingerprint density at radius 3 is 2.78 bits per heavy atom. The number of benzene rings is 1. The number of para-hydroxylation sites is 1. The number of halogens is 1. The molecule has 23 heavy (non-hydrogen) atoms. The van der Waals surface area contributed by atoms with Gasteiger partial charge < -0.3 is 9.47 Å². The van der Waals surface area contributed by atoms with Gasteiger partial charge in [-0.05, 0) is 31.4 Å². The van der Waals surface area contributed by atoms with Crippen molar-refractivity contribution < 1.29 is 12.8 Å². The van der Waals surface area contributed by atoms with Gasteiger partial charge in [0.25, 0.3) is 0 Å². The Morgan fingerprint density at radius 1 is 1.30 bits per heavy atom. The van der Waals surface area contributed by atoms with E-state index < -0.39 is 15.3 Å². The van der Waals surface area contributed by atoms with Gasteiger partial charge in [0.15, 0.2) is 5.82 Å². The zero-order valence-corrected chi connectivity index (χ0v) is 13.7. The third kappa shape index (κ3) is 2.59. The van der Waals surface area contributed by atoms with E-state index in [4.69, 9.17) is 0 Å². The molecule has 2 fully saturated rings. The number of imidazole rings is 1. The minimum absolute atomic E-state index is 0.124. The first kappa shape index (κ1) is 14.9. The van der Waals surface area contributed by atoms with Crippen molar-refractivity contribution in [3.05, 3.63) is 24.0 Å². The molecule has 1 atom stereocenters. The number of sulfonamides is 1. The van der Waals surface area contributed by atoms with Crippen LogP contribution in [0.15, 0.2) is 18.2 Å². The molecule has 6 nitrogen and oxygen atoms in total. The third-order valence-electron chi connectivity index (χ3n) is 4.61. The third-order valence-corrected chi connectivity index (χ3v) is 6.54. The monoisotopic (exact) mass is 338 g/mol. The highest BCUT2D eigenvalue weighted by Crippen LogP contribution is 2.28. The summed E-state index contributed by atoms with van der Waals surface area (Å²) in [5.41, 5.74) is 1.04. The van der Waals surface area contributed by atoms with Crippen LogP contribution in [-0.2, 0) is 17.1 Å². The van der Waals surface area contributed by atoms with Crippen LogP contribution in [-0.4, -0.2) is 42.4 Å². The zero-order chi connectivity index (χ0) is 16.2. The fourth-order valence-corrected chi connectivity index (χ4v) is 4.83. The summed E-state index contributed by atoms with van der Waals surface area (Å²) in [5, 5.41) is -0.437. The molecule has 0 amide bonds. The van der Waals surface area contributed by atoms with Gasteiger partial charge in [-0.15, -0.1) is 0 Å². The average molecular weight is 338 g/mol. The van der Waals surface area contributed by atoms with Crippen LogP contribution in [0.2, 0.25) is 0 Å². The van der Waals surface area contributed by atoms with E-state index in [-0.39, 0.29) is 11.9 Å². The maximum atomic E-state index is 13.9. The minimum Gasteiger partial charge on any atom is -0.341 e. The van der Waals surface area contributed by atoms with Gasteiger partial charge in [-0.2, -0.15) is 0 Å². The van der Waals surface area contributed by atoms with Crippen molar-refractivity contribution in [1.82, 2.24) is 14.3 Å². The van der Waals surface area contributed by atoms with Gasteiger partial charge in [-0.3, -0.25) is 0 Å². The highest BCUT2D eigenvalue weighted by atomic mass is 32.2. The molecule has 2 heterocycles. The first-order valence-corrected chi connectivity index (χ1v) is 9.37. The Labute approximate surface area is 134 Å². The Bertz CT molecular complexity index is 860. The fraction of sp³-hybridized carbons (Fsp3) is 0.533. The molecule has 0 radical (unpaired) electrons. The van der Waals surface area contributed by atoms with Gasteiger partial charge in [0, 0.05) is 26.2 Å². The van der Waals surface area contributed by atoms with E-state index in [1.165, 1.54) is 6.07 Å². The van der Waals surface area contributed by atoms with Crippen LogP contribution >= 0.6 is 0 Å². The van der Waals surface area contributed by atoms with Crippen molar-refractivity contribution in [1.29, 1.82) is 0 Å². The van der Waals surface area contributed by atoms with Crippen LogP contribution < -0.4 is 9.62 Å². The smallest absolute Gasteiger partial charge is 0.216 e. The first-order valence-electron chi connectivity index (χ1n) is 7.83. The Hall–Kier alpha value is -1.67. The molecule has 1 aromatic carbocycles. The number of nitrogens with zero attached hydrogens (tertiary/aromatic N) is 3. The molecule has 1 unspecified atom stereocenters. The van der Waals surface area contributed by atoms with Crippen molar-refractivity contribution in [2.75, 3.05) is 18.0 Å². The summed E-state index contributed by atoms with van der Waals surface area (Å²) < 4.78 is 43.1. The molecule has 0 spiro atoms. The van der Waals surface area contributed by atoms with E-state index in [2.05, 4.69) is 9.71 Å². The topological polar surface area (TPSA) is 67.2 Å². The lowest BCUT2D eigenvalue weighted by Gasteiger charge is -2.18. The largest absolute Gasteiger partial charge is 0.341 e. The second-order valence-electron chi connectivity index (χ2n) is 6.37. The fourth-order valence-electron chi connectivity index (χ4n) is 3.14. The Balaban J connectivity index is 1.60. The summed E-state index contributed by atoms with van der Waals surface area (Å²) in [6.07, 6.45) is 2.42. The molecule has 1 aliphatic heterocycles. The molecule has 1 saturated heterocycles. The van der Waals surface area contributed by atoms with Gasteiger partial charge in [-0.25, -0.2) is 22.5 Å². The van der Waals surface area contributed by atoms with E-state index in [9.17, 15) is 12.8 Å². The highest BCUT2D eigenvalue weighted by molar-refractivity contribution is 7.90. The lowest BCUT2D eigenvalue weighted by Crippen LogP contribution is -2.37. The molecule has 4 rings (SSSR count). The summed E-state index contributed by atoms with van der Waals surface area (Å²) in [6, 6.07) is 4.97. The molecule has 1 aromatic heterocycles. The second-order valence-corrected chi connectivity index (χ2v) is 8.36. The van der Waals surface area contributed by atoms with Crippen LogP contribution in [0.5, 0.6) is 0 Å². The molecule has 2 aromatic rings. The second kappa shape index (κ2) is 5.17. The summed E-state index contributed by atoms with van der Waals surface area (Å²) >= 11 is 0. The summed E-state index contributed by atoms with van der Waals surface area (Å²) in [5.74, 6) is 0.261. The number of fused-ring (bicyclic) bond motifs is 1. The predicted molar refractivity (Wildman–Crippen MR) is 86.4 cm³/mol. The van der Waals surface area contributed by atoms with Crippen LogP contribution in [0.3, 0.4) is 0 Å². The SMILES string of the molecule is Cn1c(N2CCC(S(=O)(=O)NC3CC3)C2)nc2c(F)cccc21. The molecule has 1 aliphatic carbocycles. The highest BCUT2D eigenvalue weighted by Gasteiger charge is 2.38. The number of rotatable bonds is 4. The lowest BCUT2D eigenvalue weighted by molar-refractivity contribution is 0.568. The normalized spacial score (nSPS) is 22.2. The van der Waals surface area contributed by atoms with Crippen molar-refractivity contribution in [2.45, 2.75) is 30.6 Å². The van der Waals surface area contributed by atoms with Crippen molar-refractivity contribution in [3.63, 3.8) is 0 Å². The number of anilines is 1. The average Bonchev–Trinajstić information content (AvgIpc) is 3.04. The van der Waals surface area contributed by atoms with Crippen molar-refractivity contribution in [2.24, 2.45) is 7.05 Å². The molecule has 2 aliphatic rings. The minimum atomic E-state index is -3.29. The first-order chi connectivity index (χ1) is 11.0. The van der Waals surface area contributed by atoms with Gasteiger partial charge in [0.05, 0.1) is 10.8 Å². The van der Waals surface area contributed by atoms with E-state index >= 15 is 0 Å². The molecule has 1 saturated carbocycles. The van der Waals surface area contributed by atoms with Crippen LogP contribution in [0, 0.1) is 5.82 Å². The van der Waals surface area contributed by atoms with Gasteiger partial charge in [-0.1, -0.05) is 6.07 Å². The quantitative estimate of drug-likeness (QED) is 0.914. The van der Waals surface area contributed by atoms with Crippen LogP contribution in [0.1, 0.15) is 19.3 Å². The number of nitrogens with one attached hydrogen (secondary N) is 1. The Kier molecular flexibility index (Phi) is 3.35. The number of aryl methyl sites for hydroxylation is 1. The van der Waals surface area contributed by atoms with Gasteiger partial charge in [0.2, 0.25) is 16.0 Å². The Morgan fingerprint density at radius 2 is 2.09 bits per heavy atom.